The van der Waals surface area contributed by atoms with Gasteiger partial charge in [-0.05, 0) is 23.5 Å². The van der Waals surface area contributed by atoms with Gasteiger partial charge >= 0.3 is 0 Å². The third kappa shape index (κ3) is 2.25. The summed E-state index contributed by atoms with van der Waals surface area (Å²) in [5, 5.41) is 3.62. The molecule has 1 saturated heterocycles. The van der Waals surface area contributed by atoms with Crippen LogP contribution in [0.15, 0.2) is 60.7 Å². The smallest absolute Gasteiger partial charge is 0.0326 e. The van der Waals surface area contributed by atoms with Gasteiger partial charge < -0.3 is 5.32 Å². The van der Waals surface area contributed by atoms with Crippen molar-refractivity contribution in [3.05, 3.63) is 71.8 Å². The summed E-state index contributed by atoms with van der Waals surface area (Å²) in [6, 6.07) is 22.1. The van der Waals surface area contributed by atoms with Crippen molar-refractivity contribution in [3.8, 4) is 0 Å². The minimum atomic E-state index is 0.515. The van der Waals surface area contributed by atoms with Crippen LogP contribution in [0.2, 0.25) is 0 Å². The molecule has 1 aliphatic heterocycles. The van der Waals surface area contributed by atoms with Crippen molar-refractivity contribution in [1.29, 1.82) is 0 Å². The molecule has 1 nitrogen and oxygen atoms in total. The quantitative estimate of drug-likeness (QED) is 0.821. The van der Waals surface area contributed by atoms with Gasteiger partial charge in [0.05, 0.1) is 0 Å². The highest BCUT2D eigenvalue weighted by molar-refractivity contribution is 5.26. The predicted octanol–water partition coefficient (Wildman–Crippen LogP) is 3.50. The van der Waals surface area contributed by atoms with E-state index in [-0.39, 0.29) is 0 Å². The van der Waals surface area contributed by atoms with E-state index >= 15 is 0 Å². The van der Waals surface area contributed by atoms with Crippen molar-refractivity contribution in [3.63, 3.8) is 0 Å². The zero-order valence-corrected chi connectivity index (χ0v) is 9.84. The van der Waals surface area contributed by atoms with Gasteiger partial charge in [0.15, 0.2) is 0 Å². The Hall–Kier alpha value is -1.60. The lowest BCUT2D eigenvalue weighted by Gasteiger charge is -2.11. The van der Waals surface area contributed by atoms with Crippen LogP contribution in [0.5, 0.6) is 0 Å². The fraction of sp³-hybridized carbons (Fsp3) is 0.250. The van der Waals surface area contributed by atoms with E-state index in [9.17, 15) is 0 Å². The Balaban J connectivity index is 1.75. The first-order valence-electron chi connectivity index (χ1n) is 6.27. The van der Waals surface area contributed by atoms with Crippen molar-refractivity contribution < 1.29 is 0 Å². The number of hydrogen-bond donors (Lipinski definition) is 1. The molecule has 0 saturated carbocycles. The molecule has 1 fully saturated rings. The second-order valence-electron chi connectivity index (χ2n) is 4.71. The Kier molecular flexibility index (Phi) is 2.93. The molecule has 3 rings (SSSR count). The van der Waals surface area contributed by atoms with E-state index in [2.05, 4.69) is 66.0 Å². The summed E-state index contributed by atoms with van der Waals surface area (Å²) in [5.74, 6) is 0.654. The molecule has 2 aromatic rings. The first-order chi connectivity index (χ1) is 8.43. The van der Waals surface area contributed by atoms with E-state index < -0.39 is 0 Å². The average Bonchev–Trinajstić information content (AvgIpc) is 2.90. The molecule has 0 aliphatic carbocycles. The molecule has 1 aliphatic rings. The fourth-order valence-electron chi connectivity index (χ4n) is 2.65. The second-order valence-corrected chi connectivity index (χ2v) is 4.71. The first-order valence-corrected chi connectivity index (χ1v) is 6.27. The van der Waals surface area contributed by atoms with Crippen LogP contribution in [0.1, 0.15) is 29.5 Å². The van der Waals surface area contributed by atoms with Crippen LogP contribution in [0.3, 0.4) is 0 Å². The van der Waals surface area contributed by atoms with E-state index in [4.69, 9.17) is 0 Å². The minimum absolute atomic E-state index is 0.515. The Labute approximate surface area is 102 Å². The predicted molar refractivity (Wildman–Crippen MR) is 71.0 cm³/mol. The number of nitrogens with one attached hydrogen (secondary N) is 1. The van der Waals surface area contributed by atoms with Crippen LogP contribution in [-0.2, 0) is 0 Å². The Morgan fingerprint density at radius 3 is 2.00 bits per heavy atom. The van der Waals surface area contributed by atoms with E-state index in [1.807, 2.05) is 0 Å². The van der Waals surface area contributed by atoms with Crippen LogP contribution >= 0.6 is 0 Å². The van der Waals surface area contributed by atoms with Gasteiger partial charge in [0.1, 0.15) is 0 Å². The topological polar surface area (TPSA) is 12.0 Å². The highest BCUT2D eigenvalue weighted by Crippen LogP contribution is 2.33. The zero-order valence-electron chi connectivity index (χ0n) is 9.84. The second kappa shape index (κ2) is 4.72. The molecule has 1 heteroatoms. The molecule has 0 radical (unpaired) electrons. The Bertz CT molecular complexity index is 418. The van der Waals surface area contributed by atoms with Gasteiger partial charge in [0, 0.05) is 12.6 Å². The molecule has 2 aromatic carbocycles. The van der Waals surface area contributed by atoms with Crippen molar-refractivity contribution >= 4 is 0 Å². The van der Waals surface area contributed by atoms with E-state index in [1.54, 1.807) is 0 Å². The van der Waals surface area contributed by atoms with E-state index in [1.165, 1.54) is 17.5 Å². The maximum Gasteiger partial charge on any atom is 0.0326 e. The highest BCUT2D eigenvalue weighted by Gasteiger charge is 2.25. The van der Waals surface area contributed by atoms with Crippen molar-refractivity contribution in [1.82, 2.24) is 5.32 Å². The maximum atomic E-state index is 3.62. The summed E-state index contributed by atoms with van der Waals surface area (Å²) in [5.41, 5.74) is 2.87. The molecule has 0 spiro atoms. The van der Waals surface area contributed by atoms with Gasteiger partial charge in [-0.2, -0.15) is 0 Å². The van der Waals surface area contributed by atoms with Gasteiger partial charge in [0.25, 0.3) is 0 Å². The van der Waals surface area contributed by atoms with Crippen LogP contribution < -0.4 is 5.32 Å². The van der Waals surface area contributed by atoms with E-state index in [0.29, 0.717) is 12.0 Å². The number of rotatable bonds is 2. The van der Waals surface area contributed by atoms with Gasteiger partial charge in [0.2, 0.25) is 0 Å². The minimum Gasteiger partial charge on any atom is -0.309 e. The average molecular weight is 223 g/mol. The molecule has 0 bridgehead atoms. The monoisotopic (exact) mass is 223 g/mol. The van der Waals surface area contributed by atoms with Gasteiger partial charge in [-0.15, -0.1) is 0 Å². The molecule has 2 atom stereocenters. The molecular formula is C16H17N. The molecule has 86 valence electrons. The third-order valence-corrected chi connectivity index (χ3v) is 3.60. The summed E-state index contributed by atoms with van der Waals surface area (Å²) < 4.78 is 0. The number of benzene rings is 2. The SMILES string of the molecule is c1ccc([C@H]2CN[C@H](c3ccccc3)C2)cc1. The molecule has 0 aromatic heterocycles. The first kappa shape index (κ1) is 10.5. The van der Waals surface area contributed by atoms with E-state index in [0.717, 1.165) is 6.54 Å². The largest absolute Gasteiger partial charge is 0.309 e. The molecule has 1 heterocycles. The molecule has 0 amide bonds. The third-order valence-electron chi connectivity index (χ3n) is 3.60. The Morgan fingerprint density at radius 2 is 1.35 bits per heavy atom. The zero-order chi connectivity index (χ0) is 11.5. The lowest BCUT2D eigenvalue weighted by Crippen LogP contribution is -2.13. The summed E-state index contributed by atoms with van der Waals surface area (Å²) >= 11 is 0. The van der Waals surface area contributed by atoms with Crippen LogP contribution in [0.4, 0.5) is 0 Å². The summed E-state index contributed by atoms with van der Waals surface area (Å²) in [6.45, 7) is 1.09. The molecular weight excluding hydrogens is 206 g/mol. The lowest BCUT2D eigenvalue weighted by molar-refractivity contribution is 0.642. The molecule has 0 unspecified atom stereocenters. The normalized spacial score (nSPS) is 23.8. The van der Waals surface area contributed by atoms with Crippen molar-refractivity contribution in [2.24, 2.45) is 0 Å². The van der Waals surface area contributed by atoms with Crippen molar-refractivity contribution in [2.75, 3.05) is 6.54 Å². The Morgan fingerprint density at radius 1 is 0.765 bits per heavy atom. The fourth-order valence-corrected chi connectivity index (χ4v) is 2.65. The van der Waals surface area contributed by atoms with Gasteiger partial charge in [-0.3, -0.25) is 0 Å². The van der Waals surface area contributed by atoms with Crippen LogP contribution in [-0.4, -0.2) is 6.54 Å². The highest BCUT2D eigenvalue weighted by atomic mass is 14.9. The van der Waals surface area contributed by atoms with Gasteiger partial charge in [-0.1, -0.05) is 60.7 Å². The summed E-state index contributed by atoms with van der Waals surface area (Å²) in [6.07, 6.45) is 1.20. The summed E-state index contributed by atoms with van der Waals surface area (Å²) in [4.78, 5) is 0. The molecule has 17 heavy (non-hydrogen) atoms. The molecule has 1 N–H and O–H groups in total. The lowest BCUT2D eigenvalue weighted by atomic mass is 9.94. The maximum absolute atomic E-state index is 3.62. The summed E-state index contributed by atoms with van der Waals surface area (Å²) in [7, 11) is 0. The number of hydrogen-bond acceptors (Lipinski definition) is 1. The van der Waals surface area contributed by atoms with Crippen molar-refractivity contribution in [2.45, 2.75) is 18.4 Å². The van der Waals surface area contributed by atoms with Crippen LogP contribution in [0, 0.1) is 0 Å². The van der Waals surface area contributed by atoms with Gasteiger partial charge in [-0.25, -0.2) is 0 Å². The van der Waals surface area contributed by atoms with Crippen LogP contribution in [0.25, 0.3) is 0 Å². The standard InChI is InChI=1S/C16H17N/c1-3-7-13(8-4-1)15-11-16(17-12-15)14-9-5-2-6-10-14/h1-10,15-17H,11-12H2/t15-,16+/m1/s1.